The second-order valence-electron chi connectivity index (χ2n) is 6.18. The summed E-state index contributed by atoms with van der Waals surface area (Å²) in [6.45, 7) is 5.59. The molecule has 0 aliphatic heterocycles. The fourth-order valence-corrected chi connectivity index (χ4v) is 2.40. The first kappa shape index (κ1) is 22.3. The Morgan fingerprint density at radius 1 is 1.27 bits per heavy atom. The average Bonchev–Trinajstić information content (AvgIpc) is 3.10. The van der Waals surface area contributed by atoms with Crippen molar-refractivity contribution < 1.29 is 9.26 Å². The van der Waals surface area contributed by atoms with E-state index in [2.05, 4.69) is 46.8 Å². The molecule has 0 fully saturated rings. The molecule has 0 radical (unpaired) electrons. The largest absolute Gasteiger partial charge is 0.497 e. The Kier molecular flexibility index (Phi) is 10.1. The van der Waals surface area contributed by atoms with Gasteiger partial charge in [-0.1, -0.05) is 31.1 Å². The molecule has 2 N–H and O–H groups in total. The number of nitrogens with one attached hydrogen (secondary N) is 2. The van der Waals surface area contributed by atoms with E-state index in [0.29, 0.717) is 12.5 Å². The second kappa shape index (κ2) is 11.8. The minimum absolute atomic E-state index is 0. The van der Waals surface area contributed by atoms with Gasteiger partial charge < -0.3 is 19.9 Å². The number of hydrogen-bond donors (Lipinski definition) is 2. The summed E-state index contributed by atoms with van der Waals surface area (Å²) in [7, 11) is 3.45. The van der Waals surface area contributed by atoms with Gasteiger partial charge in [0.1, 0.15) is 5.75 Å². The number of guanidine groups is 1. The first-order valence-electron chi connectivity index (χ1n) is 8.65. The third kappa shape index (κ3) is 7.23. The Labute approximate surface area is 172 Å². The highest BCUT2D eigenvalue weighted by molar-refractivity contribution is 14.0. The van der Waals surface area contributed by atoms with Gasteiger partial charge in [-0.2, -0.15) is 0 Å². The minimum Gasteiger partial charge on any atom is -0.497 e. The van der Waals surface area contributed by atoms with E-state index in [1.807, 2.05) is 18.2 Å². The molecule has 0 aliphatic rings. The number of aliphatic imine (C=N–C) groups is 1. The highest BCUT2D eigenvalue weighted by Crippen LogP contribution is 2.14. The van der Waals surface area contributed by atoms with E-state index >= 15 is 0 Å². The summed E-state index contributed by atoms with van der Waals surface area (Å²) in [5.41, 5.74) is 2.24. The highest BCUT2D eigenvalue weighted by Gasteiger charge is 2.08. The molecule has 1 aromatic heterocycles. The molecule has 0 unspecified atom stereocenters. The quantitative estimate of drug-likeness (QED) is 0.265. The van der Waals surface area contributed by atoms with Gasteiger partial charge >= 0.3 is 0 Å². The molecule has 0 saturated heterocycles. The summed E-state index contributed by atoms with van der Waals surface area (Å²) < 4.78 is 10.6. The molecule has 6 nitrogen and oxygen atoms in total. The van der Waals surface area contributed by atoms with Crippen molar-refractivity contribution >= 4 is 29.9 Å². The standard InChI is InChI=1S/C19H28N4O2.HI/c1-14(2)18-12-17(25-23-18)13-22-19(20-3)21-10-6-8-15-7-5-9-16(11-15)24-4;/h5,7,9,11-12,14H,6,8,10,13H2,1-4H3,(H2,20,21,22);1H. The van der Waals surface area contributed by atoms with E-state index in [0.717, 1.165) is 42.5 Å². The zero-order valence-electron chi connectivity index (χ0n) is 15.9. The third-order valence-electron chi connectivity index (χ3n) is 3.89. The average molecular weight is 472 g/mol. The summed E-state index contributed by atoms with van der Waals surface area (Å²) in [6, 6.07) is 10.1. The Morgan fingerprint density at radius 2 is 2.08 bits per heavy atom. The van der Waals surface area contributed by atoms with Crippen LogP contribution >= 0.6 is 24.0 Å². The van der Waals surface area contributed by atoms with Crippen LogP contribution in [0.4, 0.5) is 0 Å². The Morgan fingerprint density at radius 3 is 2.73 bits per heavy atom. The minimum atomic E-state index is 0. The number of methoxy groups -OCH3 is 1. The van der Waals surface area contributed by atoms with E-state index in [4.69, 9.17) is 9.26 Å². The van der Waals surface area contributed by atoms with Crippen molar-refractivity contribution in [1.29, 1.82) is 0 Å². The lowest BCUT2D eigenvalue weighted by Crippen LogP contribution is -2.37. The van der Waals surface area contributed by atoms with Gasteiger partial charge in [-0.05, 0) is 36.5 Å². The summed E-state index contributed by atoms with van der Waals surface area (Å²) in [5.74, 6) is 2.83. The highest BCUT2D eigenvalue weighted by atomic mass is 127. The number of rotatable bonds is 8. The maximum atomic E-state index is 5.32. The fraction of sp³-hybridized carbons (Fsp3) is 0.474. The van der Waals surface area contributed by atoms with Crippen molar-refractivity contribution in [3.63, 3.8) is 0 Å². The maximum absolute atomic E-state index is 5.32. The molecule has 7 heteroatoms. The summed E-state index contributed by atoms with van der Waals surface area (Å²) in [4.78, 5) is 4.23. The normalized spacial score (nSPS) is 11.2. The monoisotopic (exact) mass is 472 g/mol. The Balaban J connectivity index is 0.00000338. The van der Waals surface area contributed by atoms with Crippen LogP contribution in [-0.2, 0) is 13.0 Å². The van der Waals surface area contributed by atoms with Gasteiger partial charge in [0.15, 0.2) is 11.7 Å². The van der Waals surface area contributed by atoms with Crippen molar-refractivity contribution in [1.82, 2.24) is 15.8 Å². The topological polar surface area (TPSA) is 71.7 Å². The SMILES string of the molecule is CN=C(NCCCc1cccc(OC)c1)NCc1cc(C(C)C)no1.I. The molecule has 0 spiro atoms. The van der Waals surface area contributed by atoms with E-state index in [9.17, 15) is 0 Å². The lowest BCUT2D eigenvalue weighted by Gasteiger charge is -2.11. The van der Waals surface area contributed by atoms with Crippen LogP contribution in [0.2, 0.25) is 0 Å². The smallest absolute Gasteiger partial charge is 0.191 e. The molecule has 1 heterocycles. The van der Waals surface area contributed by atoms with Crippen LogP contribution in [0.15, 0.2) is 39.8 Å². The van der Waals surface area contributed by atoms with Crippen LogP contribution in [0, 0.1) is 0 Å². The molecule has 2 aromatic rings. The molecule has 26 heavy (non-hydrogen) atoms. The molecule has 0 atom stereocenters. The van der Waals surface area contributed by atoms with Crippen LogP contribution in [-0.4, -0.2) is 31.8 Å². The van der Waals surface area contributed by atoms with Gasteiger partial charge in [0.2, 0.25) is 0 Å². The van der Waals surface area contributed by atoms with E-state index in [1.165, 1.54) is 5.56 Å². The zero-order chi connectivity index (χ0) is 18.1. The number of aromatic nitrogens is 1. The molecule has 0 aliphatic carbocycles. The first-order valence-corrected chi connectivity index (χ1v) is 8.65. The van der Waals surface area contributed by atoms with Gasteiger partial charge in [-0.3, -0.25) is 4.99 Å². The van der Waals surface area contributed by atoms with E-state index in [-0.39, 0.29) is 24.0 Å². The van der Waals surface area contributed by atoms with Crippen molar-refractivity contribution in [2.24, 2.45) is 4.99 Å². The summed E-state index contributed by atoms with van der Waals surface area (Å²) in [6.07, 6.45) is 1.99. The van der Waals surface area contributed by atoms with Gasteiger partial charge in [0.05, 0.1) is 19.3 Å². The molecule has 2 rings (SSSR count). The summed E-state index contributed by atoms with van der Waals surface area (Å²) in [5, 5.41) is 10.6. The van der Waals surface area contributed by atoms with Gasteiger partial charge in [-0.25, -0.2) is 0 Å². The lowest BCUT2D eigenvalue weighted by molar-refractivity contribution is 0.372. The molecule has 0 bridgehead atoms. The van der Waals surface area contributed by atoms with Crippen LogP contribution < -0.4 is 15.4 Å². The zero-order valence-corrected chi connectivity index (χ0v) is 18.2. The van der Waals surface area contributed by atoms with Crippen molar-refractivity contribution in [2.75, 3.05) is 20.7 Å². The number of halogens is 1. The predicted octanol–water partition coefficient (Wildman–Crippen LogP) is 3.72. The molecule has 0 saturated carbocycles. The van der Waals surface area contributed by atoms with Crippen molar-refractivity contribution in [3.05, 3.63) is 47.3 Å². The van der Waals surface area contributed by atoms with Crippen LogP contribution in [0.3, 0.4) is 0 Å². The molecular formula is C19H29IN4O2. The van der Waals surface area contributed by atoms with Crippen molar-refractivity contribution in [2.45, 2.75) is 39.2 Å². The Hall–Kier alpha value is -1.77. The third-order valence-corrected chi connectivity index (χ3v) is 3.89. The van der Waals surface area contributed by atoms with Crippen LogP contribution in [0.25, 0.3) is 0 Å². The molecule has 1 aromatic carbocycles. The fourth-order valence-electron chi connectivity index (χ4n) is 2.40. The second-order valence-corrected chi connectivity index (χ2v) is 6.18. The molecule has 144 valence electrons. The predicted molar refractivity (Wildman–Crippen MR) is 116 cm³/mol. The number of aryl methyl sites for hydroxylation is 1. The number of hydrogen-bond acceptors (Lipinski definition) is 4. The van der Waals surface area contributed by atoms with Gasteiger partial charge in [0.25, 0.3) is 0 Å². The number of benzene rings is 1. The molecule has 0 amide bonds. The number of ether oxygens (including phenoxy) is 1. The van der Waals surface area contributed by atoms with Gasteiger partial charge in [-0.15, -0.1) is 24.0 Å². The van der Waals surface area contributed by atoms with E-state index < -0.39 is 0 Å². The molecular weight excluding hydrogens is 443 g/mol. The Bertz CT molecular complexity index is 686. The van der Waals surface area contributed by atoms with E-state index in [1.54, 1.807) is 14.2 Å². The lowest BCUT2D eigenvalue weighted by atomic mass is 10.1. The van der Waals surface area contributed by atoms with Gasteiger partial charge in [0, 0.05) is 19.7 Å². The number of nitrogens with zero attached hydrogens (tertiary/aromatic N) is 2. The first-order chi connectivity index (χ1) is 12.1. The van der Waals surface area contributed by atoms with Crippen molar-refractivity contribution in [3.8, 4) is 5.75 Å². The maximum Gasteiger partial charge on any atom is 0.191 e. The van der Waals surface area contributed by atoms with Crippen LogP contribution in [0.5, 0.6) is 5.75 Å². The summed E-state index contributed by atoms with van der Waals surface area (Å²) >= 11 is 0. The van der Waals surface area contributed by atoms with Crippen LogP contribution in [0.1, 0.15) is 43.2 Å².